The molecule has 2 N–H and O–H groups in total. The van der Waals surface area contributed by atoms with Crippen molar-refractivity contribution in [3.05, 3.63) is 63.1 Å². The Kier molecular flexibility index (Phi) is 5.29. The number of aromatic hydroxyl groups is 1. The van der Waals surface area contributed by atoms with Crippen LogP contribution >= 0.6 is 34.8 Å². The molecule has 0 heterocycles. The average molecular weight is 359 g/mol. The SMILES string of the molecule is O=C(NCc1cccc(O)c1)c1cc(Cl)c(C(=O)Cl)c(Cl)c1. The fraction of sp³-hybridized carbons (Fsp3) is 0.0667. The van der Waals surface area contributed by atoms with Crippen LogP contribution in [0.1, 0.15) is 26.3 Å². The number of benzene rings is 2. The molecule has 0 saturated heterocycles. The molecule has 7 heteroatoms. The number of hydrogen-bond acceptors (Lipinski definition) is 3. The Labute approximate surface area is 141 Å². The Morgan fingerprint density at radius 2 is 1.73 bits per heavy atom. The number of phenols is 1. The molecule has 2 aromatic rings. The molecule has 0 aliphatic carbocycles. The molecule has 0 saturated carbocycles. The van der Waals surface area contributed by atoms with Gasteiger partial charge in [-0.2, -0.15) is 0 Å². The number of carbonyl (C=O) groups excluding carboxylic acids is 2. The van der Waals surface area contributed by atoms with E-state index >= 15 is 0 Å². The lowest BCUT2D eigenvalue weighted by atomic mass is 10.1. The van der Waals surface area contributed by atoms with Crippen LogP contribution in [-0.4, -0.2) is 16.3 Å². The van der Waals surface area contributed by atoms with E-state index in [1.165, 1.54) is 24.3 Å². The van der Waals surface area contributed by atoms with Crippen molar-refractivity contribution in [2.24, 2.45) is 0 Å². The summed E-state index contributed by atoms with van der Waals surface area (Å²) in [6.45, 7) is 0.221. The Hall–Kier alpha value is -1.75. The van der Waals surface area contributed by atoms with Crippen LogP contribution in [-0.2, 0) is 6.54 Å². The predicted octanol–water partition coefficient (Wildman–Crippen LogP) is 4.01. The lowest BCUT2D eigenvalue weighted by molar-refractivity contribution is 0.0950. The molecule has 0 aromatic heterocycles. The zero-order valence-corrected chi connectivity index (χ0v) is 13.3. The first-order chi connectivity index (χ1) is 10.4. The van der Waals surface area contributed by atoms with Crippen LogP contribution in [0, 0.1) is 0 Å². The summed E-state index contributed by atoms with van der Waals surface area (Å²) in [6, 6.07) is 9.14. The monoisotopic (exact) mass is 357 g/mol. The molecule has 0 spiro atoms. The van der Waals surface area contributed by atoms with Crippen LogP contribution in [0.15, 0.2) is 36.4 Å². The van der Waals surface area contributed by atoms with Crippen molar-refractivity contribution < 1.29 is 14.7 Å². The van der Waals surface area contributed by atoms with Crippen molar-refractivity contribution in [1.29, 1.82) is 0 Å². The summed E-state index contributed by atoms with van der Waals surface area (Å²) in [6.07, 6.45) is 0. The van der Waals surface area contributed by atoms with E-state index in [2.05, 4.69) is 5.32 Å². The molecule has 0 radical (unpaired) electrons. The fourth-order valence-corrected chi connectivity index (χ4v) is 2.80. The number of halogens is 3. The molecule has 2 aromatic carbocycles. The van der Waals surface area contributed by atoms with Crippen LogP contribution in [0.3, 0.4) is 0 Å². The second kappa shape index (κ2) is 7.01. The summed E-state index contributed by atoms with van der Waals surface area (Å²) < 4.78 is 0. The maximum Gasteiger partial charge on any atom is 0.255 e. The molecule has 0 fully saturated rings. The molecule has 1 amide bonds. The Balaban J connectivity index is 2.15. The quantitative estimate of drug-likeness (QED) is 0.812. The third-order valence-corrected chi connectivity index (χ3v) is 3.65. The lowest BCUT2D eigenvalue weighted by Crippen LogP contribution is -2.23. The van der Waals surface area contributed by atoms with Gasteiger partial charge in [-0.25, -0.2) is 0 Å². The first kappa shape index (κ1) is 16.6. The number of phenolic OH excluding ortho intramolecular Hbond substituents is 1. The van der Waals surface area contributed by atoms with Gasteiger partial charge < -0.3 is 10.4 Å². The molecular formula is C15H10Cl3NO3. The van der Waals surface area contributed by atoms with Crippen LogP contribution < -0.4 is 5.32 Å². The van der Waals surface area contributed by atoms with E-state index in [1.54, 1.807) is 12.1 Å². The number of nitrogens with one attached hydrogen (secondary N) is 1. The molecule has 0 aliphatic heterocycles. The molecule has 4 nitrogen and oxygen atoms in total. The van der Waals surface area contributed by atoms with Crippen molar-refractivity contribution in [3.63, 3.8) is 0 Å². The summed E-state index contributed by atoms with van der Waals surface area (Å²) in [5.41, 5.74) is 0.907. The Bertz CT molecular complexity index is 724. The van der Waals surface area contributed by atoms with Crippen molar-refractivity contribution in [3.8, 4) is 5.75 Å². The van der Waals surface area contributed by atoms with Gasteiger partial charge in [0.15, 0.2) is 0 Å². The zero-order chi connectivity index (χ0) is 16.3. The van der Waals surface area contributed by atoms with Gasteiger partial charge in [0, 0.05) is 12.1 Å². The molecule has 2 rings (SSSR count). The van der Waals surface area contributed by atoms with Crippen molar-refractivity contribution in [2.75, 3.05) is 0 Å². The van der Waals surface area contributed by atoms with Gasteiger partial charge in [-0.15, -0.1) is 0 Å². The van der Waals surface area contributed by atoms with Gasteiger partial charge in [0.05, 0.1) is 15.6 Å². The smallest absolute Gasteiger partial charge is 0.255 e. The van der Waals surface area contributed by atoms with Crippen LogP contribution in [0.4, 0.5) is 0 Å². The van der Waals surface area contributed by atoms with Gasteiger partial charge in [0.25, 0.3) is 11.1 Å². The van der Waals surface area contributed by atoms with Gasteiger partial charge in [0.1, 0.15) is 5.75 Å². The molecule has 0 bridgehead atoms. The number of rotatable bonds is 4. The minimum atomic E-state index is -0.790. The topological polar surface area (TPSA) is 66.4 Å². The summed E-state index contributed by atoms with van der Waals surface area (Å²) in [4.78, 5) is 23.3. The van der Waals surface area contributed by atoms with E-state index in [-0.39, 0.29) is 33.5 Å². The van der Waals surface area contributed by atoms with E-state index in [4.69, 9.17) is 34.8 Å². The largest absolute Gasteiger partial charge is 0.508 e. The average Bonchev–Trinajstić information content (AvgIpc) is 2.43. The molecule has 0 unspecified atom stereocenters. The third kappa shape index (κ3) is 3.91. The normalized spacial score (nSPS) is 10.3. The third-order valence-electron chi connectivity index (χ3n) is 2.86. The molecule has 114 valence electrons. The number of hydrogen-bond donors (Lipinski definition) is 2. The molecule has 0 atom stereocenters. The lowest BCUT2D eigenvalue weighted by Gasteiger charge is -2.08. The van der Waals surface area contributed by atoms with E-state index in [0.717, 1.165) is 5.56 Å². The highest BCUT2D eigenvalue weighted by atomic mass is 35.5. The van der Waals surface area contributed by atoms with E-state index < -0.39 is 11.1 Å². The highest BCUT2D eigenvalue weighted by Gasteiger charge is 2.17. The van der Waals surface area contributed by atoms with Gasteiger partial charge >= 0.3 is 0 Å². The standard InChI is InChI=1S/C15H10Cl3NO3/c16-11-5-9(6-12(17)13(11)14(18)21)15(22)19-7-8-2-1-3-10(20)4-8/h1-6,20H,7H2,(H,19,22). The van der Waals surface area contributed by atoms with Crippen molar-refractivity contribution >= 4 is 46.0 Å². The summed E-state index contributed by atoms with van der Waals surface area (Å²) in [7, 11) is 0. The predicted molar refractivity (Wildman–Crippen MR) is 85.9 cm³/mol. The van der Waals surface area contributed by atoms with Crippen LogP contribution in [0.2, 0.25) is 10.0 Å². The molecule has 22 heavy (non-hydrogen) atoms. The van der Waals surface area contributed by atoms with Crippen LogP contribution in [0.25, 0.3) is 0 Å². The molecular weight excluding hydrogens is 349 g/mol. The first-order valence-corrected chi connectivity index (χ1v) is 7.27. The fourth-order valence-electron chi connectivity index (χ4n) is 1.84. The summed E-state index contributed by atoms with van der Waals surface area (Å²) in [5.74, 6) is -0.302. The second-order valence-electron chi connectivity index (χ2n) is 4.44. The number of amides is 1. The van der Waals surface area contributed by atoms with E-state index in [1.807, 2.05) is 0 Å². The summed E-state index contributed by atoms with van der Waals surface area (Å²) >= 11 is 17.2. The molecule has 0 aliphatic rings. The maximum absolute atomic E-state index is 12.1. The highest BCUT2D eigenvalue weighted by Crippen LogP contribution is 2.28. The van der Waals surface area contributed by atoms with Crippen LogP contribution in [0.5, 0.6) is 5.75 Å². The minimum absolute atomic E-state index is 0.00926. The minimum Gasteiger partial charge on any atom is -0.508 e. The van der Waals surface area contributed by atoms with Gasteiger partial charge in [-0.05, 0) is 41.4 Å². The van der Waals surface area contributed by atoms with Crippen molar-refractivity contribution in [2.45, 2.75) is 6.54 Å². The van der Waals surface area contributed by atoms with Gasteiger partial charge in [0.2, 0.25) is 0 Å². The second-order valence-corrected chi connectivity index (χ2v) is 5.60. The van der Waals surface area contributed by atoms with E-state index in [9.17, 15) is 14.7 Å². The Morgan fingerprint density at radius 1 is 1.09 bits per heavy atom. The summed E-state index contributed by atoms with van der Waals surface area (Å²) in [5, 5.41) is 11.2. The van der Waals surface area contributed by atoms with Gasteiger partial charge in [-0.3, -0.25) is 9.59 Å². The zero-order valence-electron chi connectivity index (χ0n) is 11.1. The highest BCUT2D eigenvalue weighted by molar-refractivity contribution is 6.70. The maximum atomic E-state index is 12.1. The first-order valence-electron chi connectivity index (χ1n) is 6.13. The Morgan fingerprint density at radius 3 is 2.27 bits per heavy atom. The van der Waals surface area contributed by atoms with E-state index in [0.29, 0.717) is 0 Å². The van der Waals surface area contributed by atoms with Gasteiger partial charge in [-0.1, -0.05) is 35.3 Å². The van der Waals surface area contributed by atoms with Crippen molar-refractivity contribution in [1.82, 2.24) is 5.32 Å². The number of carbonyl (C=O) groups is 2.